The molecule has 0 amide bonds. The predicted octanol–water partition coefficient (Wildman–Crippen LogP) is 19.7. The van der Waals surface area contributed by atoms with E-state index >= 15 is 0 Å². The molecule has 10 aromatic rings. The molecule has 80 heavy (non-hydrogen) atoms. The van der Waals surface area contributed by atoms with Crippen LogP contribution in [0.2, 0.25) is 0 Å². The number of nitrogens with zero attached hydrogens (tertiary/aromatic N) is 3. The van der Waals surface area contributed by atoms with Crippen LogP contribution in [0, 0.1) is 13.8 Å². The van der Waals surface area contributed by atoms with Gasteiger partial charge in [0, 0.05) is 70.5 Å². The molecule has 0 unspecified atom stereocenters. The standard InChI is InChI=1S/C74H72BN3S2/c1-46-24-20-22-30-59(46)76(60-31-23-21-25-47(60)2)53-41-64-68-65(42-53)78(62-36-33-51(72(6,7)8)39-55(62)49-28-18-15-19-29-49)69-56-40-52(73(9,10)11)34-37-66(56)80-70(69)75(68)58-43-57-67(79-45-74(57,12)13)44-63(58)77(64)61-35-32-50(71(3,4)5)38-54(61)48-26-16-14-17-27-48/h14-44H,45H2,1-13H3. The molecule has 0 fully saturated rings. The van der Waals surface area contributed by atoms with Crippen LogP contribution >= 0.6 is 23.1 Å². The van der Waals surface area contributed by atoms with E-state index in [4.69, 9.17) is 0 Å². The Labute approximate surface area is 484 Å². The lowest BCUT2D eigenvalue weighted by molar-refractivity contribution is 0.590. The van der Waals surface area contributed by atoms with Crippen molar-refractivity contribution in [3.63, 3.8) is 0 Å². The first-order valence-electron chi connectivity index (χ1n) is 28.6. The fourth-order valence-corrected chi connectivity index (χ4v) is 15.4. The summed E-state index contributed by atoms with van der Waals surface area (Å²) in [6.07, 6.45) is 0. The van der Waals surface area contributed by atoms with Gasteiger partial charge in [0.05, 0.1) is 22.7 Å². The molecule has 0 spiro atoms. The van der Waals surface area contributed by atoms with Gasteiger partial charge in [-0.15, -0.1) is 23.1 Å². The maximum atomic E-state index is 2.72. The van der Waals surface area contributed by atoms with Crippen LogP contribution in [0.4, 0.5) is 51.2 Å². The summed E-state index contributed by atoms with van der Waals surface area (Å²) in [6.45, 7) is 30.4. The van der Waals surface area contributed by atoms with Crippen LogP contribution in [-0.4, -0.2) is 12.5 Å². The zero-order valence-corrected chi connectivity index (χ0v) is 50.5. The Balaban J connectivity index is 1.24. The number of rotatable bonds is 7. The molecule has 3 aliphatic rings. The van der Waals surface area contributed by atoms with E-state index in [1.54, 1.807) is 0 Å². The van der Waals surface area contributed by atoms with Crippen LogP contribution < -0.4 is 30.4 Å². The van der Waals surface area contributed by atoms with E-state index < -0.39 is 0 Å². The number of benzene rings is 9. The number of para-hydroxylation sites is 2. The van der Waals surface area contributed by atoms with Gasteiger partial charge in [-0.3, -0.25) is 0 Å². The van der Waals surface area contributed by atoms with Crippen molar-refractivity contribution in [2.24, 2.45) is 0 Å². The molecule has 4 heterocycles. The van der Waals surface area contributed by atoms with Gasteiger partial charge in [0.15, 0.2) is 0 Å². The molecule has 0 N–H and O–H groups in total. The second kappa shape index (κ2) is 18.9. The van der Waals surface area contributed by atoms with E-state index in [9.17, 15) is 0 Å². The number of fused-ring (bicyclic) bond motifs is 7. The van der Waals surface area contributed by atoms with Crippen molar-refractivity contribution < 1.29 is 0 Å². The molecule has 3 aliphatic heterocycles. The maximum Gasteiger partial charge on any atom is 0.264 e. The topological polar surface area (TPSA) is 9.72 Å². The van der Waals surface area contributed by atoms with Crippen LogP contribution in [0.25, 0.3) is 32.3 Å². The summed E-state index contributed by atoms with van der Waals surface area (Å²) >= 11 is 4.01. The molecule has 398 valence electrons. The van der Waals surface area contributed by atoms with Crippen molar-refractivity contribution in [1.82, 2.24) is 0 Å². The molecule has 0 atom stereocenters. The van der Waals surface area contributed by atoms with Gasteiger partial charge < -0.3 is 14.7 Å². The van der Waals surface area contributed by atoms with Gasteiger partial charge in [-0.1, -0.05) is 197 Å². The fraction of sp³-hybridized carbons (Fsp3) is 0.243. The molecule has 0 saturated heterocycles. The third-order valence-corrected chi connectivity index (χ3v) is 20.0. The van der Waals surface area contributed by atoms with E-state index in [-0.39, 0.29) is 28.4 Å². The minimum absolute atomic E-state index is 0.00264. The molecular formula is C74H72BN3S2. The lowest BCUT2D eigenvalue weighted by atomic mass is 9.36. The Bertz CT molecular complexity index is 4050. The molecular weight excluding hydrogens is 1010 g/mol. The van der Waals surface area contributed by atoms with Crippen LogP contribution in [0.1, 0.15) is 110 Å². The largest absolute Gasteiger partial charge is 0.311 e. The molecule has 0 aliphatic carbocycles. The summed E-state index contributed by atoms with van der Waals surface area (Å²) in [5, 5.41) is 1.30. The van der Waals surface area contributed by atoms with Gasteiger partial charge in [0.2, 0.25) is 0 Å². The van der Waals surface area contributed by atoms with Crippen molar-refractivity contribution in [2.75, 3.05) is 20.5 Å². The van der Waals surface area contributed by atoms with Gasteiger partial charge in [0.25, 0.3) is 6.71 Å². The van der Waals surface area contributed by atoms with E-state index in [0.29, 0.717) is 0 Å². The van der Waals surface area contributed by atoms with E-state index in [1.165, 1.54) is 120 Å². The van der Waals surface area contributed by atoms with Crippen LogP contribution in [0.3, 0.4) is 0 Å². The first-order valence-corrected chi connectivity index (χ1v) is 30.4. The first-order chi connectivity index (χ1) is 38.2. The maximum absolute atomic E-state index is 2.72. The molecule has 0 saturated carbocycles. The van der Waals surface area contributed by atoms with Crippen molar-refractivity contribution >= 4 is 107 Å². The summed E-state index contributed by atoms with van der Waals surface area (Å²) < 4.78 is 2.69. The summed E-state index contributed by atoms with van der Waals surface area (Å²) in [4.78, 5) is 9.34. The molecule has 0 bridgehead atoms. The highest BCUT2D eigenvalue weighted by Gasteiger charge is 2.48. The third kappa shape index (κ3) is 8.63. The SMILES string of the molecule is Cc1ccccc1N(c1cc2c3c(c1)N(c1ccc(C(C)(C)C)cc1-c1ccccc1)c1c(sc4ccc(C(C)(C)C)cc14)B3c1cc3c(cc1N2c1ccc(C(C)(C)C)cc1-c1ccccc1)SCC3(C)C)c1ccccc1C. The summed E-state index contributed by atoms with van der Waals surface area (Å²) in [5.74, 6) is 1.04. The monoisotopic (exact) mass is 1080 g/mol. The van der Waals surface area contributed by atoms with Gasteiger partial charge in [-0.25, -0.2) is 0 Å². The van der Waals surface area contributed by atoms with Gasteiger partial charge in [-0.2, -0.15) is 0 Å². The van der Waals surface area contributed by atoms with E-state index in [0.717, 1.165) is 22.8 Å². The van der Waals surface area contributed by atoms with Crippen molar-refractivity contribution in [1.29, 1.82) is 0 Å². The minimum atomic E-state index is -0.0763. The Morgan fingerprint density at radius 2 is 0.975 bits per heavy atom. The number of thiophene rings is 1. The lowest BCUT2D eigenvalue weighted by Gasteiger charge is -2.45. The number of hydrogen-bond donors (Lipinski definition) is 0. The van der Waals surface area contributed by atoms with Crippen LogP contribution in [0.15, 0.2) is 193 Å². The zero-order chi connectivity index (χ0) is 55.8. The van der Waals surface area contributed by atoms with Gasteiger partial charge in [0.1, 0.15) is 0 Å². The summed E-state index contributed by atoms with van der Waals surface area (Å²) in [5.41, 5.74) is 25.8. The molecule has 1 aromatic heterocycles. The number of aryl methyl sites for hydroxylation is 2. The third-order valence-electron chi connectivity index (χ3n) is 17.3. The molecule has 13 rings (SSSR count). The highest BCUT2D eigenvalue weighted by molar-refractivity contribution is 7.99. The normalized spacial score (nSPS) is 14.5. The second-order valence-electron chi connectivity index (χ2n) is 26.5. The van der Waals surface area contributed by atoms with E-state index in [2.05, 4.69) is 293 Å². The first kappa shape index (κ1) is 52.1. The number of thioether (sulfide) groups is 1. The summed E-state index contributed by atoms with van der Waals surface area (Å²) in [7, 11) is 0. The Kier molecular flexibility index (Phi) is 12.3. The zero-order valence-electron chi connectivity index (χ0n) is 48.8. The lowest BCUT2D eigenvalue weighted by Crippen LogP contribution is -2.60. The molecule has 9 aromatic carbocycles. The average molecular weight is 1080 g/mol. The highest BCUT2D eigenvalue weighted by atomic mass is 32.2. The number of hydrogen-bond acceptors (Lipinski definition) is 5. The average Bonchev–Trinajstić information content (AvgIpc) is 1.92. The Hall–Kier alpha value is -7.25. The van der Waals surface area contributed by atoms with E-state index in [1.807, 2.05) is 23.1 Å². The van der Waals surface area contributed by atoms with Crippen molar-refractivity contribution in [3.8, 4) is 22.3 Å². The van der Waals surface area contributed by atoms with Gasteiger partial charge >= 0.3 is 0 Å². The highest BCUT2D eigenvalue weighted by Crippen LogP contribution is 2.56. The minimum Gasteiger partial charge on any atom is -0.311 e. The van der Waals surface area contributed by atoms with Gasteiger partial charge in [-0.05, 0) is 152 Å². The van der Waals surface area contributed by atoms with Crippen LogP contribution in [-0.2, 0) is 21.7 Å². The van der Waals surface area contributed by atoms with Crippen molar-refractivity contribution in [2.45, 2.75) is 117 Å². The second-order valence-corrected chi connectivity index (χ2v) is 28.6. The van der Waals surface area contributed by atoms with Crippen LogP contribution in [0.5, 0.6) is 0 Å². The Morgan fingerprint density at radius 1 is 0.487 bits per heavy atom. The van der Waals surface area contributed by atoms with Crippen molar-refractivity contribution in [3.05, 3.63) is 221 Å². The molecule has 0 radical (unpaired) electrons. The predicted molar refractivity (Wildman–Crippen MR) is 351 cm³/mol. The quantitative estimate of drug-likeness (QED) is 0.147. The number of anilines is 9. The smallest absolute Gasteiger partial charge is 0.264 e. The fourth-order valence-electron chi connectivity index (χ4n) is 12.7. The Morgan fingerprint density at radius 3 is 1.51 bits per heavy atom. The molecule has 6 heteroatoms. The molecule has 3 nitrogen and oxygen atoms in total. The summed E-state index contributed by atoms with van der Waals surface area (Å²) in [6, 6.07) is 72.5.